The highest BCUT2D eigenvalue weighted by Crippen LogP contribution is 2.33. The summed E-state index contributed by atoms with van der Waals surface area (Å²) >= 11 is 2.79. The van der Waals surface area contributed by atoms with Gasteiger partial charge in [0, 0.05) is 22.7 Å². The fraction of sp³-hybridized carbons (Fsp3) is 0.136. The monoisotopic (exact) mass is 436 g/mol. The van der Waals surface area contributed by atoms with Crippen LogP contribution >= 0.6 is 23.1 Å². The second-order valence-electron chi connectivity index (χ2n) is 6.54. The minimum Gasteiger partial charge on any atom is -0.497 e. The molecule has 0 aliphatic carbocycles. The van der Waals surface area contributed by atoms with Crippen LogP contribution in [0.25, 0.3) is 22.6 Å². The molecule has 2 heterocycles. The molecule has 2 aromatic carbocycles. The molecule has 0 bridgehead atoms. The Bertz CT molecular complexity index is 1140. The molecule has 0 saturated heterocycles. The van der Waals surface area contributed by atoms with Crippen LogP contribution in [0.4, 0.5) is 5.13 Å². The van der Waals surface area contributed by atoms with Crippen LogP contribution < -0.4 is 10.1 Å². The van der Waals surface area contributed by atoms with Crippen molar-refractivity contribution in [3.63, 3.8) is 0 Å². The number of rotatable bonds is 7. The minimum atomic E-state index is -0.115. The fourth-order valence-corrected chi connectivity index (χ4v) is 4.21. The van der Waals surface area contributed by atoms with Crippen LogP contribution in [0.5, 0.6) is 5.75 Å². The van der Waals surface area contributed by atoms with E-state index in [2.05, 4.69) is 46.5 Å². The summed E-state index contributed by atoms with van der Waals surface area (Å²) in [4.78, 5) is 24.6. The van der Waals surface area contributed by atoms with E-state index in [1.807, 2.05) is 29.6 Å². The zero-order chi connectivity index (χ0) is 20.9. The SMILES string of the molecule is COc1cccc(-c2nc(SCC(=O)Nc3nccs3)c(-c3ccc(C)cc3)[nH]2)c1. The van der Waals surface area contributed by atoms with Crippen LogP contribution in [0.3, 0.4) is 0 Å². The van der Waals surface area contributed by atoms with Crippen LogP contribution in [-0.2, 0) is 4.79 Å². The van der Waals surface area contributed by atoms with E-state index in [0.29, 0.717) is 5.13 Å². The van der Waals surface area contributed by atoms with Gasteiger partial charge in [0.25, 0.3) is 0 Å². The third-order valence-electron chi connectivity index (χ3n) is 4.37. The topological polar surface area (TPSA) is 79.9 Å². The molecule has 2 N–H and O–H groups in total. The number of thiazole rings is 1. The largest absolute Gasteiger partial charge is 0.497 e. The molecular formula is C22H20N4O2S2. The van der Waals surface area contributed by atoms with Gasteiger partial charge in [0.05, 0.1) is 18.6 Å². The lowest BCUT2D eigenvalue weighted by Gasteiger charge is -2.04. The zero-order valence-electron chi connectivity index (χ0n) is 16.5. The number of aromatic nitrogens is 3. The number of ether oxygens (including phenoxy) is 1. The number of H-pyrrole nitrogens is 1. The van der Waals surface area contributed by atoms with Gasteiger partial charge in [0.2, 0.25) is 5.91 Å². The van der Waals surface area contributed by atoms with Gasteiger partial charge in [-0.05, 0) is 19.1 Å². The van der Waals surface area contributed by atoms with Gasteiger partial charge >= 0.3 is 0 Å². The van der Waals surface area contributed by atoms with Gasteiger partial charge in [0.1, 0.15) is 16.6 Å². The number of nitrogens with one attached hydrogen (secondary N) is 2. The summed E-state index contributed by atoms with van der Waals surface area (Å²) in [7, 11) is 1.64. The van der Waals surface area contributed by atoms with Crippen molar-refractivity contribution in [1.82, 2.24) is 15.0 Å². The average molecular weight is 437 g/mol. The van der Waals surface area contributed by atoms with E-state index in [1.54, 1.807) is 13.3 Å². The molecule has 0 atom stereocenters. The fourth-order valence-electron chi connectivity index (χ4n) is 2.86. The van der Waals surface area contributed by atoms with Crippen LogP contribution in [0.2, 0.25) is 0 Å². The van der Waals surface area contributed by atoms with Crippen LogP contribution in [0, 0.1) is 6.92 Å². The van der Waals surface area contributed by atoms with Gasteiger partial charge in [0.15, 0.2) is 5.13 Å². The number of imidazole rings is 1. The molecule has 30 heavy (non-hydrogen) atoms. The van der Waals surface area contributed by atoms with Crippen molar-refractivity contribution in [2.45, 2.75) is 11.9 Å². The summed E-state index contributed by atoms with van der Waals surface area (Å²) in [6, 6.07) is 16.0. The van der Waals surface area contributed by atoms with Crippen LogP contribution in [0.1, 0.15) is 5.56 Å². The molecule has 0 fully saturated rings. The number of hydrogen-bond donors (Lipinski definition) is 2. The number of anilines is 1. The molecular weight excluding hydrogens is 416 g/mol. The van der Waals surface area contributed by atoms with Crippen molar-refractivity contribution >= 4 is 34.1 Å². The maximum absolute atomic E-state index is 12.3. The molecule has 4 rings (SSSR count). The third-order valence-corrected chi connectivity index (χ3v) is 6.04. The standard InChI is InChI=1S/C22H20N4O2S2/c1-14-6-8-15(9-7-14)19-21(30-13-18(27)24-22-23-10-11-29-22)26-20(25-19)16-4-3-5-17(12-16)28-2/h3-12H,13H2,1-2H3,(H,25,26)(H,23,24,27). The van der Waals surface area contributed by atoms with Crippen molar-refractivity contribution < 1.29 is 9.53 Å². The number of nitrogens with zero attached hydrogens (tertiary/aromatic N) is 2. The third kappa shape index (κ3) is 4.72. The number of aromatic amines is 1. The number of thioether (sulfide) groups is 1. The molecule has 0 aliphatic rings. The molecule has 8 heteroatoms. The summed E-state index contributed by atoms with van der Waals surface area (Å²) in [6.45, 7) is 2.05. The van der Waals surface area contributed by atoms with Crippen molar-refractivity contribution in [1.29, 1.82) is 0 Å². The van der Waals surface area contributed by atoms with Gasteiger partial charge in [-0.3, -0.25) is 4.79 Å². The average Bonchev–Trinajstić information content (AvgIpc) is 3.43. The second-order valence-corrected chi connectivity index (χ2v) is 8.40. The van der Waals surface area contributed by atoms with E-state index < -0.39 is 0 Å². The maximum Gasteiger partial charge on any atom is 0.236 e. The summed E-state index contributed by atoms with van der Waals surface area (Å²) in [5.74, 6) is 1.61. The highest BCUT2D eigenvalue weighted by Gasteiger charge is 2.16. The predicted molar refractivity (Wildman–Crippen MR) is 122 cm³/mol. The summed E-state index contributed by atoms with van der Waals surface area (Å²) in [5, 5.41) is 6.00. The molecule has 2 aromatic heterocycles. The van der Waals surface area contributed by atoms with Gasteiger partial charge in [-0.1, -0.05) is 53.7 Å². The molecule has 0 spiro atoms. The van der Waals surface area contributed by atoms with E-state index >= 15 is 0 Å². The lowest BCUT2D eigenvalue weighted by Crippen LogP contribution is -2.13. The van der Waals surface area contributed by atoms with Crippen molar-refractivity contribution in [3.05, 3.63) is 65.7 Å². The molecule has 6 nitrogen and oxygen atoms in total. The van der Waals surface area contributed by atoms with Gasteiger partial charge in [-0.2, -0.15) is 0 Å². The Morgan fingerprint density at radius 1 is 1.20 bits per heavy atom. The van der Waals surface area contributed by atoms with Crippen LogP contribution in [-0.4, -0.2) is 33.7 Å². The van der Waals surface area contributed by atoms with Crippen molar-refractivity contribution in [3.8, 4) is 28.4 Å². The predicted octanol–water partition coefficient (Wildman–Crippen LogP) is 5.25. The highest BCUT2D eigenvalue weighted by atomic mass is 32.2. The number of benzene rings is 2. The van der Waals surface area contributed by atoms with E-state index in [4.69, 9.17) is 9.72 Å². The molecule has 0 radical (unpaired) electrons. The Morgan fingerprint density at radius 3 is 2.77 bits per heavy atom. The summed E-state index contributed by atoms with van der Waals surface area (Å²) in [5.41, 5.74) is 4.01. The summed E-state index contributed by atoms with van der Waals surface area (Å²) in [6.07, 6.45) is 1.66. The quantitative estimate of drug-likeness (QED) is 0.387. The summed E-state index contributed by atoms with van der Waals surface area (Å²) < 4.78 is 5.34. The van der Waals surface area contributed by atoms with Crippen LogP contribution in [0.15, 0.2) is 65.1 Å². The number of methoxy groups -OCH3 is 1. The smallest absolute Gasteiger partial charge is 0.236 e. The Balaban J connectivity index is 1.62. The van der Waals surface area contributed by atoms with Gasteiger partial charge in [-0.25, -0.2) is 9.97 Å². The highest BCUT2D eigenvalue weighted by molar-refractivity contribution is 8.00. The minimum absolute atomic E-state index is 0.115. The number of hydrogen-bond acceptors (Lipinski definition) is 6. The van der Waals surface area contributed by atoms with Gasteiger partial charge in [-0.15, -0.1) is 11.3 Å². The maximum atomic E-state index is 12.3. The zero-order valence-corrected chi connectivity index (χ0v) is 18.1. The molecule has 4 aromatic rings. The first-order valence-corrected chi connectivity index (χ1v) is 11.1. The molecule has 1 amide bonds. The van der Waals surface area contributed by atoms with Crippen molar-refractivity contribution in [2.24, 2.45) is 0 Å². The van der Waals surface area contributed by atoms with Crippen molar-refractivity contribution in [2.75, 3.05) is 18.2 Å². The Labute approximate surface area is 182 Å². The van der Waals surface area contributed by atoms with E-state index in [-0.39, 0.29) is 11.7 Å². The Kier molecular flexibility index (Phi) is 6.15. The molecule has 0 unspecified atom stereocenters. The second kappa shape index (κ2) is 9.15. The van der Waals surface area contributed by atoms with E-state index in [1.165, 1.54) is 28.7 Å². The van der Waals surface area contributed by atoms with E-state index in [0.717, 1.165) is 33.4 Å². The van der Waals surface area contributed by atoms with E-state index in [9.17, 15) is 4.79 Å². The number of aryl methyl sites for hydroxylation is 1. The first kappa shape index (κ1) is 20.2. The Morgan fingerprint density at radius 2 is 2.03 bits per heavy atom. The Hall–Kier alpha value is -3.10. The number of amides is 1. The lowest BCUT2D eigenvalue weighted by molar-refractivity contribution is -0.113. The first-order valence-electron chi connectivity index (χ1n) is 9.26. The molecule has 0 aliphatic heterocycles. The first-order chi connectivity index (χ1) is 14.6. The molecule has 152 valence electrons. The normalized spacial score (nSPS) is 10.7. The number of carbonyl (C=O) groups excluding carboxylic acids is 1. The lowest BCUT2D eigenvalue weighted by atomic mass is 10.1. The van der Waals surface area contributed by atoms with Gasteiger partial charge < -0.3 is 15.0 Å². The molecule has 0 saturated carbocycles. The number of carbonyl (C=O) groups is 1.